The summed E-state index contributed by atoms with van der Waals surface area (Å²) in [6, 6.07) is 0. The van der Waals surface area contributed by atoms with Crippen LogP contribution in [0.3, 0.4) is 0 Å². The van der Waals surface area contributed by atoms with Crippen LogP contribution in [-0.2, 0) is 11.2 Å². The molecule has 4 heteroatoms. The lowest BCUT2D eigenvalue weighted by atomic mass is 10.2. The van der Waals surface area contributed by atoms with Crippen LogP contribution in [0.4, 0.5) is 4.79 Å². The Balaban J connectivity index is 2.66. The molecule has 1 aromatic heterocycles. The SMILES string of the molecule is CCCc1cnn(C(=O)OC(C)(C)C)c1. The molecule has 0 aliphatic heterocycles. The van der Waals surface area contributed by atoms with Gasteiger partial charge in [0.15, 0.2) is 0 Å². The number of ether oxygens (including phenoxy) is 1. The molecule has 0 saturated heterocycles. The topological polar surface area (TPSA) is 44.1 Å². The van der Waals surface area contributed by atoms with Gasteiger partial charge in [-0.15, -0.1) is 0 Å². The smallest absolute Gasteiger partial charge is 0.435 e. The Morgan fingerprint density at radius 1 is 1.53 bits per heavy atom. The number of hydrogen-bond donors (Lipinski definition) is 0. The molecule has 1 rings (SSSR count). The maximum atomic E-state index is 11.6. The minimum atomic E-state index is -0.478. The second-order valence-electron chi connectivity index (χ2n) is 4.52. The van der Waals surface area contributed by atoms with Crippen LogP contribution in [0.25, 0.3) is 0 Å². The summed E-state index contributed by atoms with van der Waals surface area (Å²) in [5, 5.41) is 3.96. The van der Waals surface area contributed by atoms with Crippen LogP contribution in [0.2, 0.25) is 0 Å². The maximum Gasteiger partial charge on any atom is 0.435 e. The van der Waals surface area contributed by atoms with E-state index in [1.54, 1.807) is 12.4 Å². The minimum absolute atomic E-state index is 0.426. The zero-order valence-corrected chi connectivity index (χ0v) is 9.78. The first-order valence-electron chi connectivity index (χ1n) is 5.19. The first-order chi connectivity index (χ1) is 6.92. The van der Waals surface area contributed by atoms with Crippen molar-refractivity contribution in [3.8, 4) is 0 Å². The van der Waals surface area contributed by atoms with Crippen LogP contribution in [0.5, 0.6) is 0 Å². The van der Waals surface area contributed by atoms with Gasteiger partial charge >= 0.3 is 6.09 Å². The number of carbonyl (C=O) groups excluding carboxylic acids is 1. The molecule has 0 spiro atoms. The molecule has 0 saturated carbocycles. The highest BCUT2D eigenvalue weighted by atomic mass is 16.6. The number of aromatic nitrogens is 2. The number of nitrogens with zero attached hydrogens (tertiary/aromatic N) is 2. The molecule has 0 aliphatic rings. The van der Waals surface area contributed by atoms with E-state index in [2.05, 4.69) is 12.0 Å². The van der Waals surface area contributed by atoms with Gasteiger partial charge < -0.3 is 4.74 Å². The van der Waals surface area contributed by atoms with Crippen molar-refractivity contribution in [2.45, 2.75) is 46.1 Å². The average Bonchev–Trinajstić information content (AvgIpc) is 2.50. The predicted molar refractivity (Wildman–Crippen MR) is 57.9 cm³/mol. The Hall–Kier alpha value is -1.32. The van der Waals surface area contributed by atoms with E-state index in [9.17, 15) is 4.79 Å². The number of carbonyl (C=O) groups is 1. The third-order valence-electron chi connectivity index (χ3n) is 1.76. The molecule has 0 N–H and O–H groups in total. The number of aryl methyl sites for hydroxylation is 1. The van der Waals surface area contributed by atoms with Crippen LogP contribution < -0.4 is 0 Å². The summed E-state index contributed by atoms with van der Waals surface area (Å²) in [6.07, 6.45) is 4.97. The summed E-state index contributed by atoms with van der Waals surface area (Å²) >= 11 is 0. The highest BCUT2D eigenvalue weighted by molar-refractivity contribution is 5.69. The fourth-order valence-corrected chi connectivity index (χ4v) is 1.19. The predicted octanol–water partition coefficient (Wildman–Crippen LogP) is 2.62. The van der Waals surface area contributed by atoms with Crippen molar-refractivity contribution in [3.05, 3.63) is 18.0 Å². The van der Waals surface area contributed by atoms with Crippen molar-refractivity contribution in [2.75, 3.05) is 0 Å². The van der Waals surface area contributed by atoms with Crippen LogP contribution in [0.1, 0.15) is 39.7 Å². The first-order valence-corrected chi connectivity index (χ1v) is 5.19. The van der Waals surface area contributed by atoms with Crippen LogP contribution in [0.15, 0.2) is 12.4 Å². The summed E-state index contributed by atoms with van der Waals surface area (Å²) in [4.78, 5) is 11.6. The zero-order valence-electron chi connectivity index (χ0n) is 9.78. The van der Waals surface area contributed by atoms with Crippen LogP contribution in [0, 0.1) is 0 Å². The van der Waals surface area contributed by atoms with E-state index in [4.69, 9.17) is 4.74 Å². The Morgan fingerprint density at radius 3 is 2.73 bits per heavy atom. The van der Waals surface area contributed by atoms with Gasteiger partial charge in [-0.25, -0.2) is 4.79 Å². The standard InChI is InChI=1S/C11H18N2O2/c1-5-6-9-7-12-13(8-9)10(14)15-11(2,3)4/h7-8H,5-6H2,1-4H3. The van der Waals surface area contributed by atoms with Gasteiger partial charge in [0.25, 0.3) is 0 Å². The molecule has 0 fully saturated rings. The quantitative estimate of drug-likeness (QED) is 0.753. The Labute approximate surface area is 90.2 Å². The Kier molecular flexibility index (Phi) is 3.50. The molecule has 0 radical (unpaired) electrons. The third-order valence-corrected chi connectivity index (χ3v) is 1.76. The lowest BCUT2D eigenvalue weighted by Crippen LogP contribution is -2.27. The van der Waals surface area contributed by atoms with Crippen LogP contribution in [-0.4, -0.2) is 21.5 Å². The highest BCUT2D eigenvalue weighted by Gasteiger charge is 2.18. The van der Waals surface area contributed by atoms with E-state index >= 15 is 0 Å². The van der Waals surface area contributed by atoms with E-state index in [1.165, 1.54) is 4.68 Å². The van der Waals surface area contributed by atoms with Gasteiger partial charge in [0, 0.05) is 6.20 Å². The summed E-state index contributed by atoms with van der Waals surface area (Å²) in [5.74, 6) is 0. The van der Waals surface area contributed by atoms with Crippen molar-refractivity contribution >= 4 is 6.09 Å². The average molecular weight is 210 g/mol. The summed E-state index contributed by atoms with van der Waals surface area (Å²) in [5.41, 5.74) is 0.580. The molecule has 1 heterocycles. The molecule has 0 unspecified atom stereocenters. The largest absolute Gasteiger partial charge is 0.442 e. The maximum absolute atomic E-state index is 11.6. The molecule has 1 aromatic rings. The molecular formula is C11H18N2O2. The monoisotopic (exact) mass is 210 g/mol. The van der Waals surface area contributed by atoms with Crippen molar-refractivity contribution in [3.63, 3.8) is 0 Å². The molecule has 0 amide bonds. The fraction of sp³-hybridized carbons (Fsp3) is 0.636. The van der Waals surface area contributed by atoms with Gasteiger partial charge in [-0.1, -0.05) is 13.3 Å². The van der Waals surface area contributed by atoms with E-state index in [0.29, 0.717) is 0 Å². The van der Waals surface area contributed by atoms with Crippen LogP contribution >= 0.6 is 0 Å². The van der Waals surface area contributed by atoms with Crippen molar-refractivity contribution in [1.29, 1.82) is 0 Å². The molecule has 0 aromatic carbocycles. The van der Waals surface area contributed by atoms with Gasteiger partial charge in [-0.05, 0) is 32.8 Å². The van der Waals surface area contributed by atoms with Gasteiger partial charge in [0.05, 0.1) is 6.20 Å². The van der Waals surface area contributed by atoms with Gasteiger partial charge in [0.2, 0.25) is 0 Å². The third kappa shape index (κ3) is 3.73. The normalized spacial score (nSPS) is 11.5. The fourth-order valence-electron chi connectivity index (χ4n) is 1.19. The Morgan fingerprint density at radius 2 is 2.20 bits per heavy atom. The molecular weight excluding hydrogens is 192 g/mol. The molecule has 4 nitrogen and oxygen atoms in total. The molecule has 0 bridgehead atoms. The lowest BCUT2D eigenvalue weighted by Gasteiger charge is -2.18. The molecule has 84 valence electrons. The summed E-state index contributed by atoms with van der Waals surface area (Å²) < 4.78 is 6.42. The molecule has 0 aliphatic carbocycles. The van der Waals surface area contributed by atoms with Crippen molar-refractivity contribution in [1.82, 2.24) is 9.78 Å². The second kappa shape index (κ2) is 4.47. The summed E-state index contributed by atoms with van der Waals surface area (Å²) in [6.45, 7) is 7.59. The van der Waals surface area contributed by atoms with E-state index in [0.717, 1.165) is 18.4 Å². The van der Waals surface area contributed by atoms with Gasteiger partial charge in [-0.3, -0.25) is 0 Å². The minimum Gasteiger partial charge on any atom is -0.442 e. The highest BCUT2D eigenvalue weighted by Crippen LogP contribution is 2.09. The van der Waals surface area contributed by atoms with E-state index < -0.39 is 11.7 Å². The second-order valence-corrected chi connectivity index (χ2v) is 4.52. The summed E-state index contributed by atoms with van der Waals surface area (Å²) in [7, 11) is 0. The van der Waals surface area contributed by atoms with E-state index in [-0.39, 0.29) is 0 Å². The van der Waals surface area contributed by atoms with Crippen molar-refractivity contribution < 1.29 is 9.53 Å². The number of rotatable bonds is 2. The Bertz CT molecular complexity index is 337. The van der Waals surface area contributed by atoms with E-state index in [1.807, 2.05) is 20.8 Å². The molecule has 0 atom stereocenters. The van der Waals surface area contributed by atoms with Crippen molar-refractivity contribution in [2.24, 2.45) is 0 Å². The lowest BCUT2D eigenvalue weighted by molar-refractivity contribution is 0.0514. The van der Waals surface area contributed by atoms with Gasteiger partial charge in [-0.2, -0.15) is 9.78 Å². The zero-order chi connectivity index (χ0) is 11.5. The first kappa shape index (κ1) is 11.8. The van der Waals surface area contributed by atoms with Gasteiger partial charge in [0.1, 0.15) is 5.60 Å². The molecule has 15 heavy (non-hydrogen) atoms. The number of hydrogen-bond acceptors (Lipinski definition) is 3.